The summed E-state index contributed by atoms with van der Waals surface area (Å²) in [5.74, 6) is 1.67. The Labute approximate surface area is 92.9 Å². The van der Waals surface area contributed by atoms with Crippen molar-refractivity contribution in [2.75, 3.05) is 5.32 Å². The van der Waals surface area contributed by atoms with Crippen molar-refractivity contribution < 1.29 is 0 Å². The van der Waals surface area contributed by atoms with E-state index >= 15 is 0 Å². The Balaban J connectivity index is 2.63. The molecule has 0 aliphatic heterocycles. The van der Waals surface area contributed by atoms with Crippen LogP contribution in [0.4, 0.5) is 5.95 Å². The number of imidazole rings is 1. The van der Waals surface area contributed by atoms with Gasteiger partial charge >= 0.3 is 0 Å². The summed E-state index contributed by atoms with van der Waals surface area (Å²) in [7, 11) is 0. The van der Waals surface area contributed by atoms with Crippen molar-refractivity contribution >= 4 is 5.95 Å². The van der Waals surface area contributed by atoms with E-state index < -0.39 is 0 Å². The molecular weight excluding hydrogens is 186 g/mol. The predicted molar refractivity (Wildman–Crippen MR) is 65.1 cm³/mol. The monoisotopic (exact) mass is 209 g/mol. The number of aromatic nitrogens is 2. The summed E-state index contributed by atoms with van der Waals surface area (Å²) < 4.78 is 2.20. The highest BCUT2D eigenvalue weighted by molar-refractivity contribution is 5.27. The van der Waals surface area contributed by atoms with Crippen LogP contribution in [0, 0.1) is 5.92 Å². The van der Waals surface area contributed by atoms with Gasteiger partial charge in [0.15, 0.2) is 0 Å². The van der Waals surface area contributed by atoms with Crippen LogP contribution in [0.5, 0.6) is 0 Å². The van der Waals surface area contributed by atoms with Gasteiger partial charge in [-0.1, -0.05) is 27.7 Å². The second-order valence-electron chi connectivity index (χ2n) is 4.45. The molecule has 1 aromatic heterocycles. The third kappa shape index (κ3) is 3.57. The molecule has 0 spiro atoms. The largest absolute Gasteiger partial charge is 0.353 e. The molecule has 0 unspecified atom stereocenters. The van der Waals surface area contributed by atoms with Gasteiger partial charge in [0.25, 0.3) is 0 Å². The SMILES string of the molecule is CCC(CC)Nc1nccn1CC(C)C. The molecule has 0 saturated heterocycles. The van der Waals surface area contributed by atoms with E-state index in [4.69, 9.17) is 0 Å². The highest BCUT2D eigenvalue weighted by atomic mass is 15.2. The third-order valence-corrected chi connectivity index (χ3v) is 2.60. The number of anilines is 1. The van der Waals surface area contributed by atoms with E-state index in [0.717, 1.165) is 25.3 Å². The van der Waals surface area contributed by atoms with Crippen LogP contribution in [0.2, 0.25) is 0 Å². The highest BCUT2D eigenvalue weighted by Gasteiger charge is 2.08. The Morgan fingerprint density at radius 3 is 2.53 bits per heavy atom. The standard InChI is InChI=1S/C12H23N3/c1-5-11(6-2)14-12-13-7-8-15(12)9-10(3)4/h7-8,10-11H,5-6,9H2,1-4H3,(H,13,14). The number of hydrogen-bond donors (Lipinski definition) is 1. The lowest BCUT2D eigenvalue weighted by molar-refractivity contribution is 0.522. The van der Waals surface area contributed by atoms with E-state index in [1.54, 1.807) is 0 Å². The lowest BCUT2D eigenvalue weighted by Gasteiger charge is -2.17. The number of hydrogen-bond acceptors (Lipinski definition) is 2. The zero-order chi connectivity index (χ0) is 11.3. The van der Waals surface area contributed by atoms with E-state index in [9.17, 15) is 0 Å². The second kappa shape index (κ2) is 5.79. The minimum atomic E-state index is 0.540. The van der Waals surface area contributed by atoms with Crippen LogP contribution in [-0.2, 0) is 6.54 Å². The average molecular weight is 209 g/mol. The first-order chi connectivity index (χ1) is 7.17. The summed E-state index contributed by atoms with van der Waals surface area (Å²) in [6, 6.07) is 0.540. The van der Waals surface area contributed by atoms with Crippen LogP contribution in [0.25, 0.3) is 0 Å². The van der Waals surface area contributed by atoms with Gasteiger partial charge in [0.05, 0.1) is 0 Å². The molecule has 0 radical (unpaired) electrons. The van der Waals surface area contributed by atoms with Crippen LogP contribution in [0.15, 0.2) is 12.4 Å². The Hall–Kier alpha value is -0.990. The van der Waals surface area contributed by atoms with Gasteiger partial charge in [-0.25, -0.2) is 4.98 Å². The molecule has 1 N–H and O–H groups in total. The maximum absolute atomic E-state index is 4.36. The molecule has 0 aliphatic carbocycles. The van der Waals surface area contributed by atoms with E-state index in [2.05, 4.69) is 42.6 Å². The third-order valence-electron chi connectivity index (χ3n) is 2.60. The fourth-order valence-electron chi connectivity index (χ4n) is 1.67. The van der Waals surface area contributed by atoms with E-state index in [1.807, 2.05) is 12.4 Å². The molecule has 1 heterocycles. The predicted octanol–water partition coefficient (Wildman–Crippen LogP) is 3.14. The second-order valence-corrected chi connectivity index (χ2v) is 4.45. The summed E-state index contributed by atoms with van der Waals surface area (Å²) in [5.41, 5.74) is 0. The molecule has 1 rings (SSSR count). The van der Waals surface area contributed by atoms with Gasteiger partial charge in [0.2, 0.25) is 5.95 Å². The van der Waals surface area contributed by atoms with Crippen LogP contribution in [0.3, 0.4) is 0 Å². The summed E-state index contributed by atoms with van der Waals surface area (Å²) in [4.78, 5) is 4.36. The molecule has 0 fully saturated rings. The molecule has 86 valence electrons. The maximum atomic E-state index is 4.36. The molecule has 0 aromatic carbocycles. The first kappa shape index (κ1) is 12.1. The van der Waals surface area contributed by atoms with Gasteiger partial charge in [-0.05, 0) is 18.8 Å². The summed E-state index contributed by atoms with van der Waals surface area (Å²) >= 11 is 0. The number of nitrogens with zero attached hydrogens (tertiary/aromatic N) is 2. The Kier molecular flexibility index (Phi) is 4.66. The maximum Gasteiger partial charge on any atom is 0.202 e. The molecule has 0 atom stereocenters. The topological polar surface area (TPSA) is 29.9 Å². The van der Waals surface area contributed by atoms with Gasteiger partial charge in [-0.3, -0.25) is 0 Å². The number of nitrogens with one attached hydrogen (secondary N) is 1. The van der Waals surface area contributed by atoms with Crippen molar-refractivity contribution in [2.24, 2.45) is 5.92 Å². The first-order valence-corrected chi connectivity index (χ1v) is 5.95. The first-order valence-electron chi connectivity index (χ1n) is 5.95. The summed E-state index contributed by atoms with van der Waals surface area (Å²) in [6.07, 6.45) is 6.20. The van der Waals surface area contributed by atoms with Gasteiger partial charge in [0.1, 0.15) is 0 Å². The van der Waals surface area contributed by atoms with E-state index in [1.165, 1.54) is 0 Å². The van der Waals surface area contributed by atoms with Crippen molar-refractivity contribution in [3.8, 4) is 0 Å². The van der Waals surface area contributed by atoms with Gasteiger partial charge in [-0.15, -0.1) is 0 Å². The Morgan fingerprint density at radius 1 is 1.33 bits per heavy atom. The fraction of sp³-hybridized carbons (Fsp3) is 0.750. The van der Waals surface area contributed by atoms with Gasteiger partial charge in [0, 0.05) is 25.0 Å². The Bertz CT molecular complexity index is 274. The minimum Gasteiger partial charge on any atom is -0.353 e. The van der Waals surface area contributed by atoms with Crippen molar-refractivity contribution in [2.45, 2.75) is 53.1 Å². The van der Waals surface area contributed by atoms with Crippen LogP contribution >= 0.6 is 0 Å². The number of rotatable bonds is 6. The summed E-state index contributed by atoms with van der Waals surface area (Å²) in [5, 5.41) is 3.48. The normalized spacial score (nSPS) is 11.3. The molecule has 3 heteroatoms. The molecular formula is C12H23N3. The van der Waals surface area contributed by atoms with Crippen molar-refractivity contribution in [1.82, 2.24) is 9.55 Å². The van der Waals surface area contributed by atoms with Gasteiger partial charge in [-0.2, -0.15) is 0 Å². The zero-order valence-electron chi connectivity index (χ0n) is 10.3. The summed E-state index contributed by atoms with van der Waals surface area (Å²) in [6.45, 7) is 9.89. The van der Waals surface area contributed by atoms with Crippen LogP contribution in [-0.4, -0.2) is 15.6 Å². The van der Waals surface area contributed by atoms with Crippen LogP contribution < -0.4 is 5.32 Å². The van der Waals surface area contributed by atoms with Gasteiger partial charge < -0.3 is 9.88 Å². The minimum absolute atomic E-state index is 0.540. The van der Waals surface area contributed by atoms with E-state index in [-0.39, 0.29) is 0 Å². The highest BCUT2D eigenvalue weighted by Crippen LogP contribution is 2.11. The molecule has 0 saturated carbocycles. The molecule has 0 bridgehead atoms. The molecule has 15 heavy (non-hydrogen) atoms. The van der Waals surface area contributed by atoms with Crippen molar-refractivity contribution in [1.29, 1.82) is 0 Å². The lowest BCUT2D eigenvalue weighted by Crippen LogP contribution is -2.20. The molecule has 1 aromatic rings. The van der Waals surface area contributed by atoms with Crippen molar-refractivity contribution in [3.05, 3.63) is 12.4 Å². The van der Waals surface area contributed by atoms with Crippen molar-refractivity contribution in [3.63, 3.8) is 0 Å². The Morgan fingerprint density at radius 2 is 2.00 bits per heavy atom. The van der Waals surface area contributed by atoms with E-state index in [0.29, 0.717) is 12.0 Å². The smallest absolute Gasteiger partial charge is 0.202 e. The van der Waals surface area contributed by atoms with Crippen LogP contribution in [0.1, 0.15) is 40.5 Å². The quantitative estimate of drug-likeness (QED) is 0.780. The average Bonchev–Trinajstić information content (AvgIpc) is 2.61. The zero-order valence-corrected chi connectivity index (χ0v) is 10.3. The molecule has 3 nitrogen and oxygen atoms in total. The fourth-order valence-corrected chi connectivity index (χ4v) is 1.67. The molecule has 0 amide bonds. The lowest BCUT2D eigenvalue weighted by atomic mass is 10.2. The molecule has 0 aliphatic rings.